The Kier molecular flexibility index (Phi) is 5.72. The van der Waals surface area contributed by atoms with Crippen LogP contribution in [-0.2, 0) is 42.0 Å². The molecule has 2 aromatic rings. The molecule has 0 bridgehead atoms. The second kappa shape index (κ2) is 8.73. The van der Waals surface area contributed by atoms with Gasteiger partial charge in [-0.05, 0) is 126 Å². The first-order valence-electron chi connectivity index (χ1n) is 17.8. The Balaban J connectivity index is 1.14. The van der Waals surface area contributed by atoms with Gasteiger partial charge in [-0.15, -0.1) is 0 Å². The normalized spacial score (nSPS) is 45.0. The number of rotatable bonds is 2. The molecule has 8 heteroatoms. The summed E-state index contributed by atoms with van der Waals surface area (Å²) >= 11 is 0. The fraction of sp³-hybridized carbons (Fsp3) is 0.718. The molecule has 10 atom stereocenters. The lowest BCUT2D eigenvalue weighted by Crippen LogP contribution is -2.76. The highest BCUT2D eigenvalue weighted by Crippen LogP contribution is 2.75. The first-order chi connectivity index (χ1) is 21.8. The van der Waals surface area contributed by atoms with Crippen molar-refractivity contribution in [3.05, 3.63) is 40.6 Å². The molecular weight excluding hydrogens is 594 g/mol. The third-order valence-corrected chi connectivity index (χ3v) is 14.4. The number of esters is 1. The average molecular weight is 646 g/mol. The molecule has 1 spiro atoms. The van der Waals surface area contributed by atoms with E-state index in [0.717, 1.165) is 25.7 Å². The summed E-state index contributed by atoms with van der Waals surface area (Å²) in [6.07, 6.45) is 4.75. The van der Waals surface area contributed by atoms with E-state index in [1.807, 2.05) is 0 Å². The number of hydrogen-bond donors (Lipinski definition) is 3. The number of benzene rings is 1. The third kappa shape index (κ3) is 3.55. The highest BCUT2D eigenvalue weighted by molar-refractivity contribution is 5.92. The SMILES string of the molecule is CC(=O)OC1C(C(C)(C)O)OC2CC[C@@]3(C)C(O)(CCC4Cc5c([nH]c6cc7c(cc56)CC5C7=CC(C)(C)OC5(C)C)[C@@]43C)C23OC13. The molecule has 3 N–H and O–H groups in total. The Morgan fingerprint density at radius 1 is 1.06 bits per heavy atom. The minimum atomic E-state index is -1.25. The summed E-state index contributed by atoms with van der Waals surface area (Å²) in [7, 11) is 0. The van der Waals surface area contributed by atoms with Crippen LogP contribution in [0.15, 0.2) is 18.2 Å². The van der Waals surface area contributed by atoms with Crippen LogP contribution in [-0.4, -0.2) is 73.6 Å². The van der Waals surface area contributed by atoms with E-state index < -0.39 is 52.6 Å². The topological polar surface area (TPSA) is 114 Å². The molecule has 8 unspecified atom stereocenters. The molecule has 4 fully saturated rings. The molecule has 4 heterocycles. The van der Waals surface area contributed by atoms with Crippen molar-refractivity contribution in [2.45, 2.75) is 159 Å². The van der Waals surface area contributed by atoms with Crippen molar-refractivity contribution in [1.82, 2.24) is 4.98 Å². The number of ether oxygens (including phenoxy) is 4. The molecule has 3 aliphatic heterocycles. The van der Waals surface area contributed by atoms with Crippen molar-refractivity contribution in [3.63, 3.8) is 0 Å². The van der Waals surface area contributed by atoms with Crippen LogP contribution in [0, 0.1) is 17.3 Å². The van der Waals surface area contributed by atoms with Crippen LogP contribution in [0.2, 0.25) is 0 Å². The predicted molar refractivity (Wildman–Crippen MR) is 177 cm³/mol. The lowest BCUT2D eigenvalue weighted by atomic mass is 9.40. The van der Waals surface area contributed by atoms with Gasteiger partial charge in [-0.25, -0.2) is 0 Å². The molecule has 1 aromatic heterocycles. The molecule has 2 saturated heterocycles. The monoisotopic (exact) mass is 645 g/mol. The van der Waals surface area contributed by atoms with E-state index in [-0.39, 0.29) is 16.6 Å². The van der Waals surface area contributed by atoms with Crippen LogP contribution in [0.4, 0.5) is 0 Å². The minimum Gasteiger partial charge on any atom is -0.457 e. The van der Waals surface area contributed by atoms with Gasteiger partial charge in [-0.1, -0.05) is 13.8 Å². The summed E-state index contributed by atoms with van der Waals surface area (Å²) in [4.78, 5) is 16.3. The van der Waals surface area contributed by atoms with Crippen LogP contribution in [0.1, 0.15) is 110 Å². The Hall–Kier alpha value is -2.23. The molecule has 8 nitrogen and oxygen atoms in total. The summed E-state index contributed by atoms with van der Waals surface area (Å²) in [6, 6.07) is 4.83. The molecular formula is C39H51NO7. The number of carbonyl (C=O) groups excluding carboxylic acids is 1. The van der Waals surface area contributed by atoms with Crippen LogP contribution >= 0.6 is 0 Å². The highest BCUT2D eigenvalue weighted by Gasteiger charge is 2.87. The van der Waals surface area contributed by atoms with Crippen molar-refractivity contribution < 1.29 is 34.0 Å². The first-order valence-corrected chi connectivity index (χ1v) is 17.8. The van der Waals surface area contributed by atoms with Gasteiger partial charge >= 0.3 is 5.97 Å². The predicted octanol–water partition coefficient (Wildman–Crippen LogP) is 5.67. The molecule has 47 heavy (non-hydrogen) atoms. The zero-order valence-electron chi connectivity index (χ0n) is 29.4. The third-order valence-electron chi connectivity index (χ3n) is 14.4. The van der Waals surface area contributed by atoms with Crippen molar-refractivity contribution >= 4 is 22.4 Å². The van der Waals surface area contributed by atoms with Gasteiger partial charge < -0.3 is 34.1 Å². The Labute approximate surface area is 277 Å². The Morgan fingerprint density at radius 2 is 1.81 bits per heavy atom. The number of fused-ring (bicyclic) bond motifs is 10. The molecule has 0 amide bonds. The van der Waals surface area contributed by atoms with E-state index in [2.05, 4.69) is 64.7 Å². The number of aromatic nitrogens is 1. The lowest BCUT2D eigenvalue weighted by molar-refractivity contribution is -0.282. The second-order valence-electron chi connectivity index (χ2n) is 18.2. The van der Waals surface area contributed by atoms with Gasteiger partial charge in [-0.3, -0.25) is 4.79 Å². The molecule has 2 saturated carbocycles. The van der Waals surface area contributed by atoms with E-state index in [9.17, 15) is 15.0 Å². The second-order valence-corrected chi connectivity index (χ2v) is 18.2. The van der Waals surface area contributed by atoms with Gasteiger partial charge in [-0.2, -0.15) is 0 Å². The van der Waals surface area contributed by atoms with E-state index in [0.29, 0.717) is 24.7 Å². The molecule has 1 aromatic carbocycles. The summed E-state index contributed by atoms with van der Waals surface area (Å²) in [5.74, 6) is 0.274. The van der Waals surface area contributed by atoms with Crippen LogP contribution in [0.25, 0.3) is 16.5 Å². The number of aliphatic hydroxyl groups is 2. The highest BCUT2D eigenvalue weighted by atomic mass is 16.7. The zero-order valence-corrected chi connectivity index (χ0v) is 29.4. The fourth-order valence-electron chi connectivity index (χ4n) is 12.3. The van der Waals surface area contributed by atoms with Crippen LogP contribution in [0.5, 0.6) is 0 Å². The van der Waals surface area contributed by atoms with Crippen molar-refractivity contribution in [2.24, 2.45) is 17.3 Å². The number of aromatic amines is 1. The maximum atomic E-state index is 13.2. The van der Waals surface area contributed by atoms with E-state index in [1.165, 1.54) is 45.8 Å². The molecule has 9 rings (SSSR count). The van der Waals surface area contributed by atoms with Crippen molar-refractivity contribution in [2.75, 3.05) is 0 Å². The molecule has 254 valence electrons. The zero-order chi connectivity index (χ0) is 33.5. The standard InChI is InChI=1S/C39H51NO7/c1-19(41)44-29-31(34(4,5)42)45-28-11-12-36(8)37(9)21(10-13-38(36,43)39(28)32(29)46-39)16-24-23-14-20-15-26-25(18-33(2,3)47-35(26,6)7)22(20)17-27(23)40-30(24)37/h14,17-18,21,26,28-29,31-32,40,42-43H,10-13,15-16H2,1-9H3/t21?,26?,28?,29?,31?,32?,36-,37-,38?,39?/m1/s1. The van der Waals surface area contributed by atoms with Gasteiger partial charge in [0, 0.05) is 40.3 Å². The largest absolute Gasteiger partial charge is 0.457 e. The minimum absolute atomic E-state index is 0.241. The van der Waals surface area contributed by atoms with Crippen LogP contribution < -0.4 is 0 Å². The summed E-state index contributed by atoms with van der Waals surface area (Å²) in [5.41, 5.74) is 3.10. The number of carbonyl (C=O) groups is 1. The fourth-order valence-corrected chi connectivity index (χ4v) is 12.3. The lowest BCUT2D eigenvalue weighted by Gasteiger charge is -2.66. The van der Waals surface area contributed by atoms with Gasteiger partial charge in [0.25, 0.3) is 0 Å². The number of H-pyrrole nitrogens is 1. The summed E-state index contributed by atoms with van der Waals surface area (Å²) in [6.45, 7) is 18.2. The first kappa shape index (κ1) is 30.8. The molecule has 7 aliphatic rings. The number of hydrogen-bond acceptors (Lipinski definition) is 7. The Bertz CT molecular complexity index is 1780. The molecule has 0 radical (unpaired) electrons. The molecule has 4 aliphatic carbocycles. The van der Waals surface area contributed by atoms with Crippen molar-refractivity contribution in [1.29, 1.82) is 0 Å². The quantitative estimate of drug-likeness (QED) is 0.285. The van der Waals surface area contributed by atoms with Crippen LogP contribution in [0.3, 0.4) is 0 Å². The van der Waals surface area contributed by atoms with Gasteiger partial charge in [0.05, 0.1) is 22.9 Å². The van der Waals surface area contributed by atoms with Gasteiger partial charge in [0.2, 0.25) is 0 Å². The Morgan fingerprint density at radius 3 is 2.51 bits per heavy atom. The van der Waals surface area contributed by atoms with E-state index in [4.69, 9.17) is 18.9 Å². The van der Waals surface area contributed by atoms with Crippen molar-refractivity contribution in [3.8, 4) is 0 Å². The van der Waals surface area contributed by atoms with E-state index in [1.54, 1.807) is 13.8 Å². The number of nitrogens with one attached hydrogen (secondary N) is 1. The van der Waals surface area contributed by atoms with Gasteiger partial charge in [0.15, 0.2) is 11.7 Å². The van der Waals surface area contributed by atoms with E-state index >= 15 is 0 Å². The average Bonchev–Trinajstić information content (AvgIpc) is 3.35. The smallest absolute Gasteiger partial charge is 0.303 e. The maximum absolute atomic E-state index is 13.2. The number of epoxide rings is 1. The van der Waals surface area contributed by atoms with Gasteiger partial charge in [0.1, 0.15) is 17.8 Å². The summed E-state index contributed by atoms with van der Waals surface area (Å²) in [5, 5.41) is 25.6. The maximum Gasteiger partial charge on any atom is 0.303 e. The summed E-state index contributed by atoms with van der Waals surface area (Å²) < 4.78 is 25.6.